The summed E-state index contributed by atoms with van der Waals surface area (Å²) in [6.07, 6.45) is 0.883. The number of nitrogens with zero attached hydrogens (tertiary/aromatic N) is 2. The Morgan fingerprint density at radius 3 is 2.69 bits per heavy atom. The summed E-state index contributed by atoms with van der Waals surface area (Å²) < 4.78 is 31.8. The number of nitrogens with two attached hydrogens (primary N) is 1. The summed E-state index contributed by atoms with van der Waals surface area (Å²) in [6.45, 7) is 2.11. The highest BCUT2D eigenvalue weighted by Crippen LogP contribution is 2.14. The molecule has 0 amide bonds. The zero-order valence-corrected chi connectivity index (χ0v) is 15.0. The van der Waals surface area contributed by atoms with Crippen LogP contribution < -0.4 is 10.5 Å². The molecule has 1 aromatic heterocycles. The minimum atomic E-state index is -3.70. The van der Waals surface area contributed by atoms with Gasteiger partial charge >= 0.3 is 5.97 Å². The SMILES string of the molecule is CCOC(=O)c1ccc(S(=O)(=O)NCCCc2[nH]nc(N)c2C#N)cc1. The predicted octanol–water partition coefficient (Wildman–Crippen LogP) is 0.951. The number of carbonyl (C=O) groups excluding carboxylic acids is 1. The highest BCUT2D eigenvalue weighted by Gasteiger charge is 2.15. The maximum Gasteiger partial charge on any atom is 0.338 e. The summed E-state index contributed by atoms with van der Waals surface area (Å²) in [5, 5.41) is 15.4. The van der Waals surface area contributed by atoms with Crippen LogP contribution in [0.25, 0.3) is 0 Å². The third-order valence-corrected chi connectivity index (χ3v) is 5.03. The molecule has 26 heavy (non-hydrogen) atoms. The molecule has 0 aliphatic heterocycles. The molecule has 0 spiro atoms. The molecule has 0 radical (unpaired) electrons. The lowest BCUT2D eigenvalue weighted by molar-refractivity contribution is 0.0526. The van der Waals surface area contributed by atoms with Crippen molar-refractivity contribution in [2.45, 2.75) is 24.7 Å². The van der Waals surface area contributed by atoms with Crippen LogP contribution in [0.2, 0.25) is 0 Å². The molecule has 0 unspecified atom stereocenters. The average molecular weight is 377 g/mol. The van der Waals surface area contributed by atoms with Crippen LogP contribution in [0.1, 0.15) is 35.0 Å². The highest BCUT2D eigenvalue weighted by atomic mass is 32.2. The Labute approximate surface area is 151 Å². The van der Waals surface area contributed by atoms with Crippen molar-refractivity contribution in [1.82, 2.24) is 14.9 Å². The Balaban J connectivity index is 1.92. The highest BCUT2D eigenvalue weighted by molar-refractivity contribution is 7.89. The van der Waals surface area contributed by atoms with Gasteiger partial charge in [0.15, 0.2) is 5.82 Å². The average Bonchev–Trinajstić information content (AvgIpc) is 2.98. The van der Waals surface area contributed by atoms with Gasteiger partial charge in [0.25, 0.3) is 0 Å². The number of hydrogen-bond acceptors (Lipinski definition) is 7. The second-order valence-electron chi connectivity index (χ2n) is 5.32. The van der Waals surface area contributed by atoms with E-state index in [2.05, 4.69) is 14.9 Å². The van der Waals surface area contributed by atoms with E-state index in [-0.39, 0.29) is 35.0 Å². The first kappa shape index (κ1) is 19.4. The van der Waals surface area contributed by atoms with E-state index in [0.29, 0.717) is 18.5 Å². The van der Waals surface area contributed by atoms with Gasteiger partial charge in [-0.2, -0.15) is 10.4 Å². The summed E-state index contributed by atoms with van der Waals surface area (Å²) in [4.78, 5) is 11.6. The third kappa shape index (κ3) is 4.59. The number of nitrogen functional groups attached to an aromatic ring is 1. The fourth-order valence-electron chi connectivity index (χ4n) is 2.24. The van der Waals surface area contributed by atoms with Crippen LogP contribution in [0, 0.1) is 11.3 Å². The molecule has 0 saturated heterocycles. The molecule has 0 fully saturated rings. The van der Waals surface area contributed by atoms with Crippen molar-refractivity contribution in [3.8, 4) is 6.07 Å². The Kier molecular flexibility index (Phi) is 6.32. The summed E-state index contributed by atoms with van der Waals surface area (Å²) in [6, 6.07) is 7.45. The van der Waals surface area contributed by atoms with Crippen molar-refractivity contribution in [2.75, 3.05) is 18.9 Å². The minimum absolute atomic E-state index is 0.0500. The minimum Gasteiger partial charge on any atom is -0.462 e. The Morgan fingerprint density at radius 1 is 1.38 bits per heavy atom. The molecule has 0 bridgehead atoms. The monoisotopic (exact) mass is 377 g/mol. The Morgan fingerprint density at radius 2 is 2.08 bits per heavy atom. The van der Waals surface area contributed by atoms with Crippen LogP contribution in [-0.2, 0) is 21.2 Å². The maximum absolute atomic E-state index is 12.3. The van der Waals surface area contributed by atoms with Gasteiger partial charge in [-0.15, -0.1) is 0 Å². The Bertz CT molecular complexity index is 913. The fourth-order valence-corrected chi connectivity index (χ4v) is 3.31. The van der Waals surface area contributed by atoms with Crippen molar-refractivity contribution >= 4 is 21.8 Å². The molecule has 0 aliphatic carbocycles. The van der Waals surface area contributed by atoms with Crippen LogP contribution in [0.4, 0.5) is 5.82 Å². The number of ether oxygens (including phenoxy) is 1. The van der Waals surface area contributed by atoms with E-state index in [1.54, 1.807) is 6.92 Å². The molecule has 0 atom stereocenters. The smallest absolute Gasteiger partial charge is 0.338 e. The molecular weight excluding hydrogens is 358 g/mol. The van der Waals surface area contributed by atoms with E-state index in [0.717, 1.165) is 0 Å². The van der Waals surface area contributed by atoms with Crippen molar-refractivity contribution in [3.05, 3.63) is 41.1 Å². The number of sulfonamides is 1. The number of carbonyl (C=O) groups is 1. The first-order valence-electron chi connectivity index (χ1n) is 7.88. The summed E-state index contributed by atoms with van der Waals surface area (Å²) in [5.41, 5.74) is 6.68. The number of nitrogens with one attached hydrogen (secondary N) is 2. The van der Waals surface area contributed by atoms with E-state index in [9.17, 15) is 13.2 Å². The van der Waals surface area contributed by atoms with Crippen LogP contribution in [0.15, 0.2) is 29.2 Å². The number of benzene rings is 1. The summed E-state index contributed by atoms with van der Waals surface area (Å²) in [7, 11) is -3.70. The molecule has 2 rings (SSSR count). The van der Waals surface area contributed by atoms with Crippen LogP contribution >= 0.6 is 0 Å². The van der Waals surface area contributed by atoms with Crippen LogP contribution in [-0.4, -0.2) is 37.7 Å². The van der Waals surface area contributed by atoms with E-state index in [1.807, 2.05) is 6.07 Å². The largest absolute Gasteiger partial charge is 0.462 e. The molecule has 1 aromatic carbocycles. The second kappa shape index (κ2) is 8.46. The quantitative estimate of drug-likeness (QED) is 0.457. The van der Waals surface area contributed by atoms with Gasteiger partial charge in [0.2, 0.25) is 10.0 Å². The number of H-pyrrole nitrogens is 1. The van der Waals surface area contributed by atoms with Gasteiger partial charge in [0.05, 0.1) is 22.8 Å². The zero-order valence-electron chi connectivity index (χ0n) is 14.2. The molecule has 0 saturated carbocycles. The van der Waals surface area contributed by atoms with Gasteiger partial charge in [0, 0.05) is 6.54 Å². The maximum atomic E-state index is 12.3. The number of anilines is 1. The van der Waals surface area contributed by atoms with Gasteiger partial charge in [-0.1, -0.05) is 0 Å². The number of aryl methyl sites for hydroxylation is 1. The van der Waals surface area contributed by atoms with Gasteiger partial charge in [-0.3, -0.25) is 5.10 Å². The first-order valence-corrected chi connectivity index (χ1v) is 9.37. The third-order valence-electron chi connectivity index (χ3n) is 3.55. The van der Waals surface area contributed by atoms with Crippen LogP contribution in [0.5, 0.6) is 0 Å². The molecule has 1 heterocycles. The molecule has 4 N–H and O–H groups in total. The molecule has 2 aromatic rings. The number of esters is 1. The number of aromatic nitrogens is 2. The molecule has 9 nitrogen and oxygen atoms in total. The van der Waals surface area contributed by atoms with Gasteiger partial charge in [0.1, 0.15) is 11.6 Å². The van der Waals surface area contributed by atoms with Gasteiger partial charge in [-0.25, -0.2) is 17.9 Å². The number of aromatic amines is 1. The standard InChI is InChI=1S/C16H19N5O4S/c1-2-25-16(22)11-5-7-12(8-6-11)26(23,24)19-9-3-4-14-13(10-17)15(18)21-20-14/h5-8,19H,2-4,9H2,1H3,(H3,18,20,21). The molecule has 138 valence electrons. The van der Waals surface area contributed by atoms with E-state index >= 15 is 0 Å². The van der Waals surface area contributed by atoms with E-state index in [1.165, 1.54) is 24.3 Å². The lowest BCUT2D eigenvalue weighted by Crippen LogP contribution is -2.25. The molecule has 0 aliphatic rings. The number of nitriles is 1. The predicted molar refractivity (Wildman–Crippen MR) is 93.6 cm³/mol. The van der Waals surface area contributed by atoms with E-state index < -0.39 is 16.0 Å². The lowest BCUT2D eigenvalue weighted by Gasteiger charge is -2.07. The number of hydrogen-bond donors (Lipinski definition) is 3. The van der Waals surface area contributed by atoms with Gasteiger partial charge < -0.3 is 10.5 Å². The number of rotatable bonds is 8. The summed E-state index contributed by atoms with van der Waals surface area (Å²) in [5.74, 6) is -0.374. The lowest BCUT2D eigenvalue weighted by atomic mass is 10.1. The van der Waals surface area contributed by atoms with E-state index in [4.69, 9.17) is 15.7 Å². The zero-order chi connectivity index (χ0) is 19.2. The van der Waals surface area contributed by atoms with Crippen molar-refractivity contribution in [3.63, 3.8) is 0 Å². The molecular formula is C16H19N5O4S. The van der Waals surface area contributed by atoms with Crippen molar-refractivity contribution in [2.24, 2.45) is 0 Å². The van der Waals surface area contributed by atoms with Crippen molar-refractivity contribution in [1.29, 1.82) is 5.26 Å². The fraction of sp³-hybridized carbons (Fsp3) is 0.312. The topological polar surface area (TPSA) is 151 Å². The Hall–Kier alpha value is -2.90. The molecule has 10 heteroatoms. The van der Waals surface area contributed by atoms with Crippen molar-refractivity contribution < 1.29 is 17.9 Å². The second-order valence-corrected chi connectivity index (χ2v) is 7.09. The first-order chi connectivity index (χ1) is 12.4. The normalized spacial score (nSPS) is 11.1. The van der Waals surface area contributed by atoms with Gasteiger partial charge in [-0.05, 0) is 44.0 Å². The van der Waals surface area contributed by atoms with Crippen LogP contribution in [0.3, 0.4) is 0 Å². The summed E-state index contributed by atoms with van der Waals surface area (Å²) >= 11 is 0.